The summed E-state index contributed by atoms with van der Waals surface area (Å²) in [5.41, 5.74) is 0.420. The highest BCUT2D eigenvalue weighted by molar-refractivity contribution is 5.77. The maximum absolute atomic E-state index is 13.4. The largest absolute Gasteiger partial charge is 0.481 e. The number of hydrogen-bond acceptors (Lipinski definition) is 2. The van der Waals surface area contributed by atoms with Gasteiger partial charge in [-0.1, -0.05) is 18.2 Å². The van der Waals surface area contributed by atoms with Crippen LogP contribution in [0, 0.1) is 5.82 Å². The van der Waals surface area contributed by atoms with E-state index in [2.05, 4.69) is 5.32 Å². The van der Waals surface area contributed by atoms with E-state index in [1.54, 1.807) is 25.1 Å². The van der Waals surface area contributed by atoms with Crippen LogP contribution < -0.4 is 5.32 Å². The van der Waals surface area contributed by atoms with Crippen LogP contribution in [-0.4, -0.2) is 17.0 Å². The fourth-order valence-electron chi connectivity index (χ4n) is 1.62. The minimum absolute atomic E-state index is 0.0402. The molecule has 1 atom stereocenters. The Labute approximate surface area is 105 Å². The maximum atomic E-state index is 13.4. The second-order valence-electron chi connectivity index (χ2n) is 4.06. The van der Waals surface area contributed by atoms with Gasteiger partial charge in [0.15, 0.2) is 0 Å². The number of carbonyl (C=O) groups is 2. The molecule has 0 heterocycles. The summed E-state index contributed by atoms with van der Waals surface area (Å²) in [7, 11) is 0. The fraction of sp³-hybridized carbons (Fsp3) is 0.385. The summed E-state index contributed by atoms with van der Waals surface area (Å²) in [4.78, 5) is 21.8. The topological polar surface area (TPSA) is 66.4 Å². The van der Waals surface area contributed by atoms with Gasteiger partial charge in [0.1, 0.15) is 5.82 Å². The van der Waals surface area contributed by atoms with Crippen molar-refractivity contribution in [3.8, 4) is 0 Å². The van der Waals surface area contributed by atoms with Crippen LogP contribution in [0.2, 0.25) is 0 Å². The second-order valence-corrected chi connectivity index (χ2v) is 4.06. The molecule has 1 aromatic carbocycles. The van der Waals surface area contributed by atoms with E-state index in [0.717, 1.165) is 0 Å². The van der Waals surface area contributed by atoms with E-state index < -0.39 is 12.0 Å². The SMILES string of the molecule is C[C@H](NC(=O)CCCC(=O)O)c1ccccc1F. The van der Waals surface area contributed by atoms with E-state index >= 15 is 0 Å². The van der Waals surface area contributed by atoms with E-state index in [1.807, 2.05) is 0 Å². The summed E-state index contributed by atoms with van der Waals surface area (Å²) in [6.07, 6.45) is 0.373. The lowest BCUT2D eigenvalue weighted by Gasteiger charge is -2.14. The van der Waals surface area contributed by atoms with Crippen LogP contribution >= 0.6 is 0 Å². The van der Waals surface area contributed by atoms with E-state index in [-0.39, 0.29) is 31.0 Å². The summed E-state index contributed by atoms with van der Waals surface area (Å²) in [5, 5.41) is 11.1. The molecule has 4 nitrogen and oxygen atoms in total. The first-order valence-corrected chi connectivity index (χ1v) is 5.76. The Bertz CT molecular complexity index is 434. The molecule has 0 saturated heterocycles. The molecule has 0 unspecified atom stereocenters. The first-order chi connectivity index (χ1) is 8.50. The molecule has 2 N–H and O–H groups in total. The van der Waals surface area contributed by atoms with Gasteiger partial charge >= 0.3 is 5.97 Å². The number of carboxylic acids is 1. The monoisotopic (exact) mass is 253 g/mol. The van der Waals surface area contributed by atoms with E-state index in [0.29, 0.717) is 5.56 Å². The van der Waals surface area contributed by atoms with Gasteiger partial charge in [-0.25, -0.2) is 4.39 Å². The molecule has 1 rings (SSSR count). The number of carboxylic acid groups (broad SMARTS) is 1. The van der Waals surface area contributed by atoms with Crippen molar-refractivity contribution >= 4 is 11.9 Å². The van der Waals surface area contributed by atoms with E-state index in [9.17, 15) is 14.0 Å². The average Bonchev–Trinajstić information content (AvgIpc) is 2.28. The van der Waals surface area contributed by atoms with Crippen molar-refractivity contribution in [2.24, 2.45) is 0 Å². The van der Waals surface area contributed by atoms with Crippen molar-refractivity contribution in [3.05, 3.63) is 35.6 Å². The van der Waals surface area contributed by atoms with Crippen LogP contribution in [0.25, 0.3) is 0 Å². The van der Waals surface area contributed by atoms with E-state index in [1.165, 1.54) is 6.07 Å². The summed E-state index contributed by atoms with van der Waals surface area (Å²) < 4.78 is 13.4. The number of aliphatic carboxylic acids is 1. The minimum atomic E-state index is -0.926. The molecular formula is C13H16FNO3. The minimum Gasteiger partial charge on any atom is -0.481 e. The molecule has 1 amide bonds. The molecule has 0 aromatic heterocycles. The molecule has 0 saturated carbocycles. The number of nitrogens with one attached hydrogen (secondary N) is 1. The predicted molar refractivity (Wildman–Crippen MR) is 64.4 cm³/mol. The first kappa shape index (κ1) is 14.2. The fourth-order valence-corrected chi connectivity index (χ4v) is 1.62. The van der Waals surface area contributed by atoms with Crippen LogP contribution in [0.15, 0.2) is 24.3 Å². The van der Waals surface area contributed by atoms with Crippen molar-refractivity contribution in [3.63, 3.8) is 0 Å². The van der Waals surface area contributed by atoms with Crippen LogP contribution in [0.5, 0.6) is 0 Å². The molecule has 0 radical (unpaired) electrons. The normalized spacial score (nSPS) is 11.9. The van der Waals surface area contributed by atoms with Gasteiger partial charge in [-0.3, -0.25) is 9.59 Å². The Morgan fingerprint density at radius 3 is 2.61 bits per heavy atom. The van der Waals surface area contributed by atoms with Gasteiger partial charge in [-0.15, -0.1) is 0 Å². The van der Waals surface area contributed by atoms with Gasteiger partial charge in [0, 0.05) is 18.4 Å². The van der Waals surface area contributed by atoms with Gasteiger partial charge in [0.2, 0.25) is 5.91 Å². The second kappa shape index (κ2) is 6.74. The summed E-state index contributed by atoms with van der Waals surface area (Å²) in [6.45, 7) is 1.69. The van der Waals surface area contributed by atoms with Gasteiger partial charge in [0.25, 0.3) is 0 Å². The molecule has 0 spiro atoms. The lowest BCUT2D eigenvalue weighted by molar-refractivity contribution is -0.137. The van der Waals surface area contributed by atoms with Crippen LogP contribution in [0.3, 0.4) is 0 Å². The number of rotatable bonds is 6. The Hall–Kier alpha value is -1.91. The highest BCUT2D eigenvalue weighted by Gasteiger charge is 2.13. The summed E-state index contributed by atoms with van der Waals surface area (Å²) in [6, 6.07) is 5.80. The number of halogens is 1. The third kappa shape index (κ3) is 4.53. The molecule has 0 aliphatic carbocycles. The molecule has 0 aliphatic heterocycles. The van der Waals surface area contributed by atoms with Crippen molar-refractivity contribution in [1.29, 1.82) is 0 Å². The number of benzene rings is 1. The van der Waals surface area contributed by atoms with Gasteiger partial charge < -0.3 is 10.4 Å². The maximum Gasteiger partial charge on any atom is 0.303 e. The quantitative estimate of drug-likeness (QED) is 0.817. The third-order valence-electron chi connectivity index (χ3n) is 2.54. The van der Waals surface area contributed by atoms with E-state index in [4.69, 9.17) is 5.11 Å². The first-order valence-electron chi connectivity index (χ1n) is 5.76. The average molecular weight is 253 g/mol. The van der Waals surface area contributed by atoms with Crippen molar-refractivity contribution in [2.75, 3.05) is 0 Å². The number of amides is 1. The molecule has 1 aromatic rings. The number of carbonyl (C=O) groups excluding carboxylic acids is 1. The van der Waals surface area contributed by atoms with Gasteiger partial charge in [-0.05, 0) is 19.4 Å². The van der Waals surface area contributed by atoms with Crippen LogP contribution in [-0.2, 0) is 9.59 Å². The third-order valence-corrected chi connectivity index (χ3v) is 2.54. The summed E-state index contributed by atoms with van der Waals surface area (Å²) >= 11 is 0. The number of hydrogen-bond donors (Lipinski definition) is 2. The molecule has 0 fully saturated rings. The van der Waals surface area contributed by atoms with Crippen molar-refractivity contribution in [1.82, 2.24) is 5.32 Å². The lowest BCUT2D eigenvalue weighted by atomic mass is 10.1. The summed E-state index contributed by atoms with van der Waals surface area (Å²) in [5.74, 6) is -1.56. The van der Waals surface area contributed by atoms with Crippen molar-refractivity contribution in [2.45, 2.75) is 32.2 Å². The Morgan fingerprint density at radius 2 is 2.00 bits per heavy atom. The van der Waals surface area contributed by atoms with Gasteiger partial charge in [0.05, 0.1) is 6.04 Å². The highest BCUT2D eigenvalue weighted by Crippen LogP contribution is 2.16. The van der Waals surface area contributed by atoms with Crippen molar-refractivity contribution < 1.29 is 19.1 Å². The molecule has 98 valence electrons. The molecule has 5 heteroatoms. The predicted octanol–water partition coefficient (Wildman–Crippen LogP) is 2.26. The van der Waals surface area contributed by atoms with Gasteiger partial charge in [-0.2, -0.15) is 0 Å². The zero-order valence-electron chi connectivity index (χ0n) is 10.1. The molecule has 18 heavy (non-hydrogen) atoms. The smallest absolute Gasteiger partial charge is 0.303 e. The molecule has 0 bridgehead atoms. The molecular weight excluding hydrogens is 237 g/mol. The highest BCUT2D eigenvalue weighted by atomic mass is 19.1. The standard InChI is InChI=1S/C13H16FNO3/c1-9(10-5-2-3-6-11(10)14)15-12(16)7-4-8-13(17)18/h2-3,5-6,9H,4,7-8H2,1H3,(H,15,16)(H,17,18)/t9-/m0/s1. The van der Waals surface area contributed by atoms with Crippen LogP contribution in [0.1, 0.15) is 37.8 Å². The van der Waals surface area contributed by atoms with Crippen LogP contribution in [0.4, 0.5) is 4.39 Å². The lowest BCUT2D eigenvalue weighted by Crippen LogP contribution is -2.27. The Balaban J connectivity index is 2.45. The Morgan fingerprint density at radius 1 is 1.33 bits per heavy atom. The Kier molecular flexibility index (Phi) is 5.30. The zero-order valence-corrected chi connectivity index (χ0v) is 10.1. The zero-order chi connectivity index (χ0) is 13.5. The molecule has 0 aliphatic rings.